The lowest BCUT2D eigenvalue weighted by Gasteiger charge is -2.33. The van der Waals surface area contributed by atoms with E-state index in [1.54, 1.807) is 11.0 Å². The molecule has 0 unspecified atom stereocenters. The molecule has 2 aliphatic rings. The number of piperazine rings is 1. The highest BCUT2D eigenvalue weighted by Gasteiger charge is 2.23. The molecule has 4 rings (SSSR count). The van der Waals surface area contributed by atoms with Crippen LogP contribution in [0.3, 0.4) is 0 Å². The SMILES string of the molecule is O=CN1CCN(c2ccc(C(=O)N3CCc4ccccc4C3)nn2)CC1. The highest BCUT2D eigenvalue weighted by Crippen LogP contribution is 2.20. The number of amides is 2. The summed E-state index contributed by atoms with van der Waals surface area (Å²) in [5.41, 5.74) is 2.89. The van der Waals surface area contributed by atoms with Crippen molar-refractivity contribution in [1.29, 1.82) is 0 Å². The van der Waals surface area contributed by atoms with Gasteiger partial charge in [0, 0.05) is 39.3 Å². The molecular weight excluding hydrogens is 330 g/mol. The zero-order valence-electron chi connectivity index (χ0n) is 14.5. The normalized spacial score (nSPS) is 17.0. The predicted octanol–water partition coefficient (Wildman–Crippen LogP) is 0.953. The molecule has 1 aromatic carbocycles. The van der Waals surface area contributed by atoms with Crippen LogP contribution in [0.1, 0.15) is 21.6 Å². The summed E-state index contributed by atoms with van der Waals surface area (Å²) in [6, 6.07) is 11.8. The molecule has 0 aliphatic carbocycles. The van der Waals surface area contributed by atoms with Crippen molar-refractivity contribution in [1.82, 2.24) is 20.0 Å². The van der Waals surface area contributed by atoms with Crippen molar-refractivity contribution in [2.75, 3.05) is 37.6 Å². The van der Waals surface area contributed by atoms with Gasteiger partial charge in [-0.2, -0.15) is 0 Å². The number of benzene rings is 1. The molecule has 134 valence electrons. The van der Waals surface area contributed by atoms with Gasteiger partial charge in [0.1, 0.15) is 0 Å². The topological polar surface area (TPSA) is 69.6 Å². The molecule has 7 nitrogen and oxygen atoms in total. The summed E-state index contributed by atoms with van der Waals surface area (Å²) in [5, 5.41) is 8.39. The van der Waals surface area contributed by atoms with Gasteiger partial charge < -0.3 is 14.7 Å². The van der Waals surface area contributed by atoms with Crippen LogP contribution in [0.15, 0.2) is 36.4 Å². The molecule has 0 N–H and O–H groups in total. The molecule has 2 aromatic rings. The van der Waals surface area contributed by atoms with E-state index < -0.39 is 0 Å². The fraction of sp³-hybridized carbons (Fsp3) is 0.368. The van der Waals surface area contributed by atoms with Crippen LogP contribution in [-0.2, 0) is 17.8 Å². The zero-order valence-corrected chi connectivity index (χ0v) is 14.5. The van der Waals surface area contributed by atoms with Gasteiger partial charge in [-0.25, -0.2) is 0 Å². The summed E-state index contributed by atoms with van der Waals surface area (Å²) < 4.78 is 0. The lowest BCUT2D eigenvalue weighted by Crippen LogP contribution is -2.46. The lowest BCUT2D eigenvalue weighted by atomic mass is 10.00. The van der Waals surface area contributed by atoms with Crippen LogP contribution in [0, 0.1) is 0 Å². The predicted molar refractivity (Wildman–Crippen MR) is 96.8 cm³/mol. The van der Waals surface area contributed by atoms with Crippen LogP contribution in [0.2, 0.25) is 0 Å². The first kappa shape index (κ1) is 16.5. The highest BCUT2D eigenvalue weighted by molar-refractivity contribution is 5.92. The Kier molecular flexibility index (Phi) is 4.51. The van der Waals surface area contributed by atoms with Gasteiger partial charge >= 0.3 is 0 Å². The first-order valence-corrected chi connectivity index (χ1v) is 8.88. The minimum Gasteiger partial charge on any atom is -0.352 e. The summed E-state index contributed by atoms with van der Waals surface area (Å²) >= 11 is 0. The van der Waals surface area contributed by atoms with Crippen LogP contribution in [0.25, 0.3) is 0 Å². The molecule has 3 heterocycles. The third kappa shape index (κ3) is 3.24. The monoisotopic (exact) mass is 351 g/mol. The number of hydrogen-bond donors (Lipinski definition) is 0. The summed E-state index contributed by atoms with van der Waals surface area (Å²) in [5.74, 6) is 0.667. The average Bonchev–Trinajstić information content (AvgIpc) is 2.73. The molecule has 1 aromatic heterocycles. The van der Waals surface area contributed by atoms with Gasteiger partial charge in [-0.1, -0.05) is 24.3 Å². The van der Waals surface area contributed by atoms with Gasteiger partial charge in [0.05, 0.1) is 0 Å². The Morgan fingerprint density at radius 2 is 1.69 bits per heavy atom. The van der Waals surface area contributed by atoms with E-state index in [9.17, 15) is 9.59 Å². The van der Waals surface area contributed by atoms with Gasteiger partial charge in [-0.15, -0.1) is 10.2 Å². The van der Waals surface area contributed by atoms with E-state index in [2.05, 4.69) is 27.2 Å². The van der Waals surface area contributed by atoms with E-state index in [-0.39, 0.29) is 5.91 Å². The maximum Gasteiger partial charge on any atom is 0.274 e. The molecule has 7 heteroatoms. The Bertz CT molecular complexity index is 800. The van der Waals surface area contributed by atoms with Gasteiger partial charge in [0.15, 0.2) is 11.5 Å². The van der Waals surface area contributed by atoms with Crippen molar-refractivity contribution < 1.29 is 9.59 Å². The van der Waals surface area contributed by atoms with Gasteiger partial charge in [-0.3, -0.25) is 9.59 Å². The van der Waals surface area contributed by atoms with Crippen LogP contribution in [0.4, 0.5) is 5.82 Å². The number of hydrogen-bond acceptors (Lipinski definition) is 5. The fourth-order valence-corrected chi connectivity index (χ4v) is 3.50. The van der Waals surface area contributed by atoms with E-state index in [1.165, 1.54) is 11.1 Å². The van der Waals surface area contributed by atoms with E-state index in [4.69, 9.17) is 0 Å². The summed E-state index contributed by atoms with van der Waals surface area (Å²) in [7, 11) is 0. The lowest BCUT2D eigenvalue weighted by molar-refractivity contribution is -0.118. The van der Waals surface area contributed by atoms with Crippen molar-refractivity contribution in [3.63, 3.8) is 0 Å². The molecule has 2 amide bonds. The van der Waals surface area contributed by atoms with E-state index in [1.807, 2.05) is 23.1 Å². The maximum absolute atomic E-state index is 12.7. The Morgan fingerprint density at radius 3 is 2.38 bits per heavy atom. The molecule has 0 bridgehead atoms. The quantitative estimate of drug-likeness (QED) is 0.770. The Labute approximate surface area is 152 Å². The van der Waals surface area contributed by atoms with Crippen molar-refractivity contribution in [3.05, 3.63) is 53.2 Å². The van der Waals surface area contributed by atoms with E-state index in [0.29, 0.717) is 31.9 Å². The minimum absolute atomic E-state index is 0.0793. The molecule has 0 radical (unpaired) electrons. The van der Waals surface area contributed by atoms with Gasteiger partial charge in [0.2, 0.25) is 6.41 Å². The van der Waals surface area contributed by atoms with Crippen LogP contribution in [0.5, 0.6) is 0 Å². The van der Waals surface area contributed by atoms with Crippen LogP contribution in [-0.4, -0.2) is 65.0 Å². The number of anilines is 1. The molecule has 0 atom stereocenters. The van der Waals surface area contributed by atoms with Gasteiger partial charge in [0.25, 0.3) is 5.91 Å². The molecule has 0 spiro atoms. The van der Waals surface area contributed by atoms with Crippen molar-refractivity contribution in [2.45, 2.75) is 13.0 Å². The number of nitrogens with zero attached hydrogens (tertiary/aromatic N) is 5. The van der Waals surface area contributed by atoms with Gasteiger partial charge in [-0.05, 0) is 29.7 Å². The fourth-order valence-electron chi connectivity index (χ4n) is 3.50. The Hall–Kier alpha value is -2.96. The summed E-state index contributed by atoms with van der Waals surface area (Å²) in [4.78, 5) is 29.2. The number of fused-ring (bicyclic) bond motifs is 1. The first-order chi connectivity index (χ1) is 12.7. The molecule has 1 fully saturated rings. The molecular formula is C19H21N5O2. The van der Waals surface area contributed by atoms with Crippen molar-refractivity contribution in [2.24, 2.45) is 0 Å². The third-order valence-corrected chi connectivity index (χ3v) is 5.07. The third-order valence-electron chi connectivity index (χ3n) is 5.07. The van der Waals surface area contributed by atoms with Crippen molar-refractivity contribution in [3.8, 4) is 0 Å². The molecule has 26 heavy (non-hydrogen) atoms. The smallest absolute Gasteiger partial charge is 0.274 e. The number of aromatic nitrogens is 2. The Morgan fingerprint density at radius 1 is 0.923 bits per heavy atom. The first-order valence-electron chi connectivity index (χ1n) is 8.88. The minimum atomic E-state index is -0.0793. The molecule has 1 saturated heterocycles. The molecule has 0 saturated carbocycles. The second-order valence-electron chi connectivity index (χ2n) is 6.65. The second kappa shape index (κ2) is 7.11. The molecule has 2 aliphatic heterocycles. The highest BCUT2D eigenvalue weighted by atomic mass is 16.2. The number of carbonyl (C=O) groups excluding carboxylic acids is 2. The van der Waals surface area contributed by atoms with Crippen molar-refractivity contribution >= 4 is 18.1 Å². The summed E-state index contributed by atoms with van der Waals surface area (Å²) in [6.45, 7) is 4.13. The van der Waals surface area contributed by atoms with E-state index >= 15 is 0 Å². The van der Waals surface area contributed by atoms with E-state index in [0.717, 1.165) is 31.7 Å². The largest absolute Gasteiger partial charge is 0.352 e. The average molecular weight is 351 g/mol. The standard InChI is InChI=1S/C19H21N5O2/c25-14-22-9-11-23(12-10-22)18-6-5-17(20-21-18)19(26)24-8-7-15-3-1-2-4-16(15)13-24/h1-6,14H,7-13H2. The van der Waals surface area contributed by atoms with Crippen LogP contribution >= 0.6 is 0 Å². The number of carbonyl (C=O) groups is 2. The second-order valence-corrected chi connectivity index (χ2v) is 6.65. The number of rotatable bonds is 3. The maximum atomic E-state index is 12.7. The zero-order chi connectivity index (χ0) is 17.9. The Balaban J connectivity index is 1.42. The summed E-state index contributed by atoms with van der Waals surface area (Å²) in [6.07, 6.45) is 1.75. The van der Waals surface area contributed by atoms with Crippen LogP contribution < -0.4 is 4.90 Å².